The average molecular weight is 659 g/mol. The number of fused-ring (bicyclic) bond motifs is 6. The van der Waals surface area contributed by atoms with Gasteiger partial charge in [0.25, 0.3) is 0 Å². The maximum Gasteiger partial charge on any atom is 0.169 e. The summed E-state index contributed by atoms with van der Waals surface area (Å²) in [5.74, 6) is 1.62. The molecule has 0 amide bonds. The second-order valence-corrected chi connectivity index (χ2v) is 13.8. The zero-order valence-corrected chi connectivity index (χ0v) is 27.8. The van der Waals surface area contributed by atoms with Crippen molar-refractivity contribution < 1.29 is 0 Å². The molecule has 1 aliphatic rings. The lowest BCUT2D eigenvalue weighted by Gasteiger charge is -2.22. The molecule has 2 aromatic heterocycles. The Balaban J connectivity index is 1.06. The van der Waals surface area contributed by atoms with Crippen molar-refractivity contribution >= 4 is 65.0 Å². The van der Waals surface area contributed by atoms with Crippen LogP contribution in [0.15, 0.2) is 180 Å². The Morgan fingerprint density at radius 3 is 1.76 bits per heavy atom. The van der Waals surface area contributed by atoms with Crippen molar-refractivity contribution in [1.29, 1.82) is 0 Å². The van der Waals surface area contributed by atoms with Crippen LogP contribution in [0.25, 0.3) is 58.8 Å². The van der Waals surface area contributed by atoms with Crippen molar-refractivity contribution in [1.82, 2.24) is 9.88 Å². The molecule has 1 aliphatic heterocycles. The maximum absolute atomic E-state index is 5.16. The molecule has 3 heterocycles. The summed E-state index contributed by atoms with van der Waals surface area (Å²) in [5, 5.41) is 8.70. The number of nitrogens with one attached hydrogen (secondary N) is 1. The molecular formula is C45H30N4S. The average Bonchev–Trinajstić information content (AvgIpc) is 3.72. The predicted octanol–water partition coefficient (Wildman–Crippen LogP) is 11.3. The largest absolute Gasteiger partial charge is 0.324 e. The molecule has 0 aliphatic carbocycles. The van der Waals surface area contributed by atoms with E-state index in [1.807, 2.05) is 35.6 Å². The van der Waals surface area contributed by atoms with Gasteiger partial charge >= 0.3 is 0 Å². The summed E-state index contributed by atoms with van der Waals surface area (Å²) in [6.07, 6.45) is -0.388. The number of aromatic nitrogens is 1. The first kappa shape index (κ1) is 28.7. The summed E-state index contributed by atoms with van der Waals surface area (Å²) in [4.78, 5) is 10.3. The molecule has 7 aromatic carbocycles. The first-order valence-electron chi connectivity index (χ1n) is 16.9. The third kappa shape index (κ3) is 4.82. The van der Waals surface area contributed by atoms with Crippen LogP contribution < -0.4 is 5.32 Å². The van der Waals surface area contributed by atoms with Gasteiger partial charge in [0.05, 0.1) is 11.0 Å². The van der Waals surface area contributed by atoms with E-state index in [0.717, 1.165) is 34.0 Å². The molecule has 4 nitrogen and oxygen atoms in total. The number of para-hydroxylation sites is 1. The van der Waals surface area contributed by atoms with Gasteiger partial charge in [-0.1, -0.05) is 133 Å². The second-order valence-electron chi connectivity index (χ2n) is 12.7. The fourth-order valence-electron chi connectivity index (χ4n) is 7.20. The van der Waals surface area contributed by atoms with Crippen LogP contribution in [-0.2, 0) is 0 Å². The molecule has 0 saturated carbocycles. The Bertz CT molecular complexity index is 2760. The summed E-state index contributed by atoms with van der Waals surface area (Å²) in [5.41, 5.74) is 8.97. The topological polar surface area (TPSA) is 41.7 Å². The second kappa shape index (κ2) is 11.7. The number of aliphatic imine (C=N–C) groups is 2. The minimum Gasteiger partial charge on any atom is -0.324 e. The quantitative estimate of drug-likeness (QED) is 0.196. The Morgan fingerprint density at radius 1 is 0.440 bits per heavy atom. The third-order valence-corrected chi connectivity index (χ3v) is 10.8. The standard InChI is InChI=1S/C45H30N4S/c1-3-11-29(12-4-1)30-19-21-32(22-20-30)44-46-43(31-13-5-2-6-14-31)47-45(48-44)33-23-25-34(26-24-33)49-39-17-9-7-15-35(39)37-27-38-36-16-8-10-18-41(36)50-42(38)28-40(37)49/h1-28,45H,(H,46,47,48). The van der Waals surface area contributed by atoms with Gasteiger partial charge in [-0.15, -0.1) is 11.3 Å². The highest BCUT2D eigenvalue weighted by molar-refractivity contribution is 7.25. The molecule has 236 valence electrons. The van der Waals surface area contributed by atoms with Gasteiger partial charge in [0.2, 0.25) is 0 Å². The van der Waals surface area contributed by atoms with Crippen LogP contribution in [0.5, 0.6) is 0 Å². The number of thiophene rings is 1. The summed E-state index contributed by atoms with van der Waals surface area (Å²) in [6.45, 7) is 0. The Kier molecular flexibility index (Phi) is 6.71. The SMILES string of the molecule is c1ccc(C2=NC(c3ccc(-n4c5ccccc5c5cc6c(cc54)sc4ccccc46)cc3)N=C(c3ccc(-c4ccccc4)cc3)N2)cc1. The van der Waals surface area contributed by atoms with E-state index < -0.39 is 0 Å². The molecule has 9 aromatic rings. The van der Waals surface area contributed by atoms with Crippen LogP contribution in [-0.4, -0.2) is 16.2 Å². The van der Waals surface area contributed by atoms with E-state index in [1.165, 1.54) is 53.1 Å². The normalized spacial score (nSPS) is 14.6. The molecular weight excluding hydrogens is 629 g/mol. The van der Waals surface area contributed by atoms with Crippen LogP contribution in [0.2, 0.25) is 0 Å². The summed E-state index contributed by atoms with van der Waals surface area (Å²) in [7, 11) is 0. The highest BCUT2D eigenvalue weighted by atomic mass is 32.1. The van der Waals surface area contributed by atoms with E-state index in [9.17, 15) is 0 Å². The lowest BCUT2D eigenvalue weighted by molar-refractivity contribution is 0.755. The van der Waals surface area contributed by atoms with Crippen LogP contribution in [0.3, 0.4) is 0 Å². The van der Waals surface area contributed by atoms with Crippen molar-refractivity contribution in [2.45, 2.75) is 6.17 Å². The van der Waals surface area contributed by atoms with Gasteiger partial charge in [-0.05, 0) is 53.1 Å². The summed E-state index contributed by atoms with van der Waals surface area (Å²) >= 11 is 1.86. The lowest BCUT2D eigenvalue weighted by atomic mass is 10.0. The van der Waals surface area contributed by atoms with E-state index in [0.29, 0.717) is 0 Å². The fourth-order valence-corrected chi connectivity index (χ4v) is 8.32. The van der Waals surface area contributed by atoms with Crippen LogP contribution in [0.1, 0.15) is 22.9 Å². The van der Waals surface area contributed by atoms with E-state index >= 15 is 0 Å². The Morgan fingerprint density at radius 2 is 1.02 bits per heavy atom. The molecule has 0 fully saturated rings. The van der Waals surface area contributed by atoms with E-state index in [-0.39, 0.29) is 6.17 Å². The minimum atomic E-state index is -0.388. The van der Waals surface area contributed by atoms with Gasteiger partial charge in [0, 0.05) is 47.8 Å². The van der Waals surface area contributed by atoms with Crippen LogP contribution >= 0.6 is 11.3 Å². The molecule has 1 atom stereocenters. The molecule has 0 saturated heterocycles. The maximum atomic E-state index is 5.16. The van der Waals surface area contributed by atoms with Gasteiger partial charge in [0.15, 0.2) is 6.17 Å². The van der Waals surface area contributed by atoms with Crippen molar-refractivity contribution in [3.8, 4) is 16.8 Å². The monoisotopic (exact) mass is 658 g/mol. The van der Waals surface area contributed by atoms with Crippen molar-refractivity contribution in [3.63, 3.8) is 0 Å². The number of amidine groups is 2. The number of nitrogens with zero attached hydrogens (tertiary/aromatic N) is 3. The Labute approximate surface area is 293 Å². The molecule has 0 spiro atoms. The molecule has 0 radical (unpaired) electrons. The van der Waals surface area contributed by atoms with E-state index in [2.05, 4.69) is 155 Å². The Hall–Kier alpha value is -6.30. The van der Waals surface area contributed by atoms with Gasteiger partial charge < -0.3 is 9.88 Å². The van der Waals surface area contributed by atoms with Gasteiger partial charge in [-0.25, -0.2) is 9.98 Å². The first-order chi connectivity index (χ1) is 24.8. The van der Waals surface area contributed by atoms with Crippen LogP contribution in [0, 0.1) is 0 Å². The molecule has 10 rings (SSSR count). The minimum absolute atomic E-state index is 0.388. The zero-order valence-electron chi connectivity index (χ0n) is 27.0. The molecule has 5 heteroatoms. The smallest absolute Gasteiger partial charge is 0.169 e. The molecule has 1 unspecified atom stereocenters. The highest BCUT2D eigenvalue weighted by Gasteiger charge is 2.21. The van der Waals surface area contributed by atoms with Gasteiger partial charge in [0.1, 0.15) is 11.7 Å². The van der Waals surface area contributed by atoms with Crippen molar-refractivity contribution in [2.75, 3.05) is 0 Å². The van der Waals surface area contributed by atoms with E-state index in [4.69, 9.17) is 9.98 Å². The number of hydrogen-bond acceptors (Lipinski definition) is 4. The zero-order chi connectivity index (χ0) is 33.0. The lowest BCUT2D eigenvalue weighted by Crippen LogP contribution is -2.36. The van der Waals surface area contributed by atoms with Gasteiger partial charge in [-0.2, -0.15) is 0 Å². The van der Waals surface area contributed by atoms with Gasteiger partial charge in [-0.3, -0.25) is 0 Å². The van der Waals surface area contributed by atoms with Crippen LogP contribution in [0.4, 0.5) is 0 Å². The number of benzene rings is 7. The molecule has 1 N–H and O–H groups in total. The first-order valence-corrected chi connectivity index (χ1v) is 17.7. The van der Waals surface area contributed by atoms with Crippen molar-refractivity contribution in [3.05, 3.63) is 187 Å². The number of hydrogen-bond donors (Lipinski definition) is 1. The predicted molar refractivity (Wildman–Crippen MR) is 211 cm³/mol. The third-order valence-electron chi connectivity index (χ3n) is 9.67. The molecule has 0 bridgehead atoms. The van der Waals surface area contributed by atoms with E-state index in [1.54, 1.807) is 0 Å². The fraction of sp³-hybridized carbons (Fsp3) is 0.0222. The summed E-state index contributed by atoms with van der Waals surface area (Å²) in [6, 6.07) is 60.3. The highest BCUT2D eigenvalue weighted by Crippen LogP contribution is 2.40. The summed E-state index contributed by atoms with van der Waals surface area (Å²) < 4.78 is 5.01. The molecule has 50 heavy (non-hydrogen) atoms. The van der Waals surface area contributed by atoms with Crippen molar-refractivity contribution in [2.24, 2.45) is 9.98 Å². The number of rotatable bonds is 5.